The van der Waals surface area contributed by atoms with Crippen LogP contribution in [0.5, 0.6) is 0 Å². The molecule has 0 aromatic heterocycles. The van der Waals surface area contributed by atoms with Gasteiger partial charge in [0.15, 0.2) is 0 Å². The molecule has 0 atom stereocenters. The first-order valence-corrected chi connectivity index (χ1v) is 11.9. The summed E-state index contributed by atoms with van der Waals surface area (Å²) < 4.78 is 0. The Balaban J connectivity index is 0.000000185. The van der Waals surface area contributed by atoms with Crippen LogP contribution in [-0.4, -0.2) is 27.2 Å². The molecule has 0 unspecified atom stereocenters. The van der Waals surface area contributed by atoms with Crippen molar-refractivity contribution in [2.24, 2.45) is 5.73 Å². The first-order chi connectivity index (χ1) is 16.6. The van der Waals surface area contributed by atoms with E-state index in [1.807, 2.05) is 74.8 Å². The van der Waals surface area contributed by atoms with E-state index in [0.29, 0.717) is 0 Å². The summed E-state index contributed by atoms with van der Waals surface area (Å²) in [7, 11) is 4.07. The topological polar surface area (TPSA) is 32.5 Å². The Morgan fingerprint density at radius 3 is 1.15 bits per heavy atom. The molecular formula is C31H39N3. The molecule has 0 radical (unpaired) electrons. The van der Waals surface area contributed by atoms with Crippen LogP contribution in [0.2, 0.25) is 0 Å². The van der Waals surface area contributed by atoms with Crippen LogP contribution in [0.25, 0.3) is 0 Å². The Hall–Kier alpha value is -3.56. The van der Waals surface area contributed by atoms with Gasteiger partial charge in [0.05, 0.1) is 6.04 Å². The van der Waals surface area contributed by atoms with Gasteiger partial charge in [0.1, 0.15) is 0 Å². The molecule has 0 spiro atoms. The zero-order valence-electron chi connectivity index (χ0n) is 21.0. The molecule has 0 saturated carbocycles. The zero-order valence-corrected chi connectivity index (χ0v) is 21.0. The van der Waals surface area contributed by atoms with Crippen LogP contribution >= 0.6 is 0 Å². The molecule has 4 rings (SSSR count). The fraction of sp³-hybridized carbons (Fsp3) is 0.226. The van der Waals surface area contributed by atoms with Gasteiger partial charge in [0.25, 0.3) is 0 Å². The van der Waals surface area contributed by atoms with Crippen LogP contribution in [0, 0.1) is 0 Å². The lowest BCUT2D eigenvalue weighted by atomic mass is 10.00. The second-order valence-corrected chi connectivity index (χ2v) is 8.04. The second-order valence-electron chi connectivity index (χ2n) is 8.04. The number of hydrogen-bond donors (Lipinski definition) is 1. The van der Waals surface area contributed by atoms with Crippen LogP contribution < -0.4 is 15.5 Å². The van der Waals surface area contributed by atoms with Crippen LogP contribution in [-0.2, 0) is 0 Å². The van der Waals surface area contributed by atoms with Crippen molar-refractivity contribution in [3.63, 3.8) is 0 Å². The van der Waals surface area contributed by atoms with Gasteiger partial charge >= 0.3 is 0 Å². The first-order valence-electron chi connectivity index (χ1n) is 11.9. The van der Waals surface area contributed by atoms with E-state index in [-0.39, 0.29) is 6.04 Å². The Labute approximate surface area is 206 Å². The van der Waals surface area contributed by atoms with E-state index in [1.54, 1.807) is 0 Å². The highest BCUT2D eigenvalue weighted by atomic mass is 15.1. The zero-order chi connectivity index (χ0) is 24.6. The summed E-state index contributed by atoms with van der Waals surface area (Å²) in [6.07, 6.45) is 0. The summed E-state index contributed by atoms with van der Waals surface area (Å²) >= 11 is 0. The summed E-state index contributed by atoms with van der Waals surface area (Å²) in [5.41, 5.74) is 11.0. The molecule has 0 aliphatic heterocycles. The van der Waals surface area contributed by atoms with E-state index in [0.717, 1.165) is 24.2 Å². The molecular weight excluding hydrogens is 414 g/mol. The lowest BCUT2D eigenvalue weighted by Crippen LogP contribution is -2.21. The smallest absolute Gasteiger partial charge is 0.0551 e. The molecule has 3 nitrogen and oxygen atoms in total. The predicted molar refractivity (Wildman–Crippen MR) is 150 cm³/mol. The molecule has 0 heterocycles. The van der Waals surface area contributed by atoms with Gasteiger partial charge in [0, 0.05) is 38.6 Å². The number of nitrogens with two attached hydrogens (primary N) is 1. The summed E-state index contributed by atoms with van der Waals surface area (Å²) in [6, 6.07) is 41.0. The maximum Gasteiger partial charge on any atom is 0.0551 e. The molecule has 4 aromatic rings. The molecule has 0 saturated heterocycles. The van der Waals surface area contributed by atoms with Crippen molar-refractivity contribution >= 4 is 11.4 Å². The fourth-order valence-electron chi connectivity index (χ4n) is 3.47. The third-order valence-corrected chi connectivity index (χ3v) is 5.47. The van der Waals surface area contributed by atoms with E-state index in [4.69, 9.17) is 5.73 Å². The van der Waals surface area contributed by atoms with E-state index in [9.17, 15) is 0 Å². The molecule has 34 heavy (non-hydrogen) atoms. The number of benzene rings is 4. The monoisotopic (exact) mass is 453 g/mol. The lowest BCUT2D eigenvalue weighted by Gasteiger charge is -2.20. The largest absolute Gasteiger partial charge is 0.378 e. The predicted octanol–water partition coefficient (Wildman–Crippen LogP) is 7.02. The average Bonchev–Trinajstić information content (AvgIpc) is 2.92. The van der Waals surface area contributed by atoms with Crippen molar-refractivity contribution in [1.29, 1.82) is 0 Å². The third-order valence-electron chi connectivity index (χ3n) is 5.47. The van der Waals surface area contributed by atoms with Crippen molar-refractivity contribution in [1.82, 2.24) is 0 Å². The number of nitrogens with zero attached hydrogens (tertiary/aromatic N) is 2. The lowest BCUT2D eigenvalue weighted by molar-refractivity contribution is 0.866. The Bertz CT molecular complexity index is 960. The molecule has 178 valence electrons. The molecule has 0 amide bonds. The fourth-order valence-corrected chi connectivity index (χ4v) is 3.47. The van der Waals surface area contributed by atoms with E-state index < -0.39 is 0 Å². The minimum atomic E-state index is -0.0163. The normalized spacial score (nSPS) is 9.82. The maximum atomic E-state index is 6.12. The Morgan fingerprint density at radius 1 is 0.529 bits per heavy atom. The van der Waals surface area contributed by atoms with Gasteiger partial charge in [-0.2, -0.15) is 0 Å². The van der Waals surface area contributed by atoms with Gasteiger partial charge in [-0.15, -0.1) is 0 Å². The van der Waals surface area contributed by atoms with Crippen molar-refractivity contribution in [3.05, 3.63) is 132 Å². The highest BCUT2D eigenvalue weighted by molar-refractivity contribution is 5.45. The second kappa shape index (κ2) is 15.3. The van der Waals surface area contributed by atoms with Crippen molar-refractivity contribution < 1.29 is 0 Å². The van der Waals surface area contributed by atoms with Crippen molar-refractivity contribution in [3.8, 4) is 0 Å². The summed E-state index contributed by atoms with van der Waals surface area (Å²) in [6.45, 7) is 6.52. The SMILES string of the molecule is CCN(CC)c1ccccc1.CN(C)c1ccccc1.NC(c1ccccc1)c1ccccc1. The molecule has 0 aliphatic carbocycles. The molecule has 0 fully saturated rings. The Kier molecular flexibility index (Phi) is 12.0. The van der Waals surface area contributed by atoms with E-state index in [2.05, 4.69) is 84.3 Å². The van der Waals surface area contributed by atoms with Gasteiger partial charge in [-0.1, -0.05) is 97.1 Å². The molecule has 4 aromatic carbocycles. The molecule has 0 aliphatic rings. The Morgan fingerprint density at radius 2 is 0.853 bits per heavy atom. The van der Waals surface area contributed by atoms with Gasteiger partial charge in [-0.25, -0.2) is 0 Å². The molecule has 0 bridgehead atoms. The maximum absolute atomic E-state index is 6.12. The summed E-state index contributed by atoms with van der Waals surface area (Å²) in [5.74, 6) is 0. The molecule has 3 heteroatoms. The minimum Gasteiger partial charge on any atom is -0.378 e. The minimum absolute atomic E-state index is 0.0163. The number of para-hydroxylation sites is 2. The molecule has 2 N–H and O–H groups in total. The standard InChI is InChI=1S/C13H13N.C10H15N.C8H11N/c14-13(11-7-3-1-4-8-11)12-9-5-2-6-10-12;1-3-11(4-2)10-8-6-5-7-9-10;1-9(2)8-6-4-3-5-7-8/h1-10,13H,14H2;5-9H,3-4H2,1-2H3;3-7H,1-2H3. The number of hydrogen-bond acceptors (Lipinski definition) is 3. The third kappa shape index (κ3) is 9.13. The quantitative estimate of drug-likeness (QED) is 0.340. The van der Waals surface area contributed by atoms with Gasteiger partial charge in [0.2, 0.25) is 0 Å². The van der Waals surface area contributed by atoms with Crippen LogP contribution in [0.3, 0.4) is 0 Å². The van der Waals surface area contributed by atoms with Crippen molar-refractivity contribution in [2.45, 2.75) is 19.9 Å². The van der Waals surface area contributed by atoms with Gasteiger partial charge < -0.3 is 15.5 Å². The van der Waals surface area contributed by atoms with E-state index in [1.165, 1.54) is 11.4 Å². The van der Waals surface area contributed by atoms with Gasteiger partial charge in [-0.3, -0.25) is 0 Å². The summed E-state index contributed by atoms with van der Waals surface area (Å²) in [4.78, 5) is 4.42. The van der Waals surface area contributed by atoms with Crippen molar-refractivity contribution in [2.75, 3.05) is 37.0 Å². The van der Waals surface area contributed by atoms with Crippen LogP contribution in [0.15, 0.2) is 121 Å². The first kappa shape index (κ1) is 26.7. The highest BCUT2D eigenvalue weighted by Crippen LogP contribution is 2.18. The van der Waals surface area contributed by atoms with E-state index >= 15 is 0 Å². The summed E-state index contributed by atoms with van der Waals surface area (Å²) in [5, 5.41) is 0. The highest BCUT2D eigenvalue weighted by Gasteiger charge is 2.06. The number of rotatable bonds is 6. The van der Waals surface area contributed by atoms with Crippen LogP contribution in [0.1, 0.15) is 31.0 Å². The van der Waals surface area contributed by atoms with Crippen LogP contribution in [0.4, 0.5) is 11.4 Å². The average molecular weight is 454 g/mol. The van der Waals surface area contributed by atoms with Gasteiger partial charge in [-0.05, 0) is 49.2 Å². The number of anilines is 2.